The molecule has 0 radical (unpaired) electrons. The van der Waals surface area contributed by atoms with Crippen LogP contribution in [0.3, 0.4) is 0 Å². The lowest BCUT2D eigenvalue weighted by Gasteiger charge is -2.17. The first kappa shape index (κ1) is 16.6. The van der Waals surface area contributed by atoms with Crippen LogP contribution in [0.1, 0.15) is 26.3 Å². The van der Waals surface area contributed by atoms with E-state index in [0.29, 0.717) is 11.7 Å². The van der Waals surface area contributed by atoms with Gasteiger partial charge in [-0.25, -0.2) is 0 Å². The topological polar surface area (TPSA) is 66.4 Å². The minimum absolute atomic E-state index is 0.0193. The Bertz CT molecular complexity index is 457. The lowest BCUT2D eigenvalue weighted by atomic mass is 10.1. The summed E-state index contributed by atoms with van der Waals surface area (Å²) < 4.78 is 0. The highest BCUT2D eigenvalue weighted by Gasteiger charge is 2.10. The number of carbonyl (C=O) groups excluding carboxylic acids is 1. The van der Waals surface area contributed by atoms with E-state index < -0.39 is 5.97 Å². The molecule has 1 aromatic carbocycles. The average molecular weight is 295 g/mol. The summed E-state index contributed by atoms with van der Waals surface area (Å²) in [5.74, 6) is -0.0347. The van der Waals surface area contributed by atoms with Crippen LogP contribution < -0.4 is 5.32 Å². The van der Waals surface area contributed by atoms with Gasteiger partial charge in [0.15, 0.2) is 0 Å². The van der Waals surface area contributed by atoms with Crippen molar-refractivity contribution in [3.8, 4) is 0 Å². The zero-order valence-electron chi connectivity index (χ0n) is 12.1. The number of hydrogen-bond donors (Lipinski definition) is 2. The Morgan fingerprint density at radius 3 is 2.30 bits per heavy atom. The zero-order valence-corrected chi connectivity index (χ0v) is 12.9. The first-order valence-corrected chi connectivity index (χ1v) is 7.60. The van der Waals surface area contributed by atoms with E-state index in [1.54, 1.807) is 12.1 Å². The molecule has 0 aromatic heterocycles. The molecule has 4 nitrogen and oxygen atoms in total. The van der Waals surface area contributed by atoms with Crippen LogP contribution in [0.2, 0.25) is 0 Å². The maximum absolute atomic E-state index is 11.7. The summed E-state index contributed by atoms with van der Waals surface area (Å²) in [6.45, 7) is 6.13. The van der Waals surface area contributed by atoms with Crippen molar-refractivity contribution in [2.45, 2.75) is 38.1 Å². The highest BCUT2D eigenvalue weighted by Crippen LogP contribution is 2.18. The van der Waals surface area contributed by atoms with Crippen LogP contribution in [0.5, 0.6) is 0 Å². The van der Waals surface area contributed by atoms with Crippen LogP contribution in [0, 0.1) is 5.92 Å². The molecule has 1 atom stereocenters. The lowest BCUT2D eigenvalue weighted by Crippen LogP contribution is -2.37. The maximum atomic E-state index is 11.7. The van der Waals surface area contributed by atoms with Crippen LogP contribution in [0.15, 0.2) is 29.2 Å². The maximum Gasteiger partial charge on any atom is 0.307 e. The number of nitrogens with one attached hydrogen (secondary N) is 1. The number of rotatable bonds is 7. The second-order valence-corrected chi connectivity index (χ2v) is 6.15. The van der Waals surface area contributed by atoms with Gasteiger partial charge in [0.05, 0.1) is 12.2 Å². The third-order valence-electron chi connectivity index (χ3n) is 3.04. The second-order valence-electron chi connectivity index (χ2n) is 5.10. The molecule has 110 valence electrons. The smallest absolute Gasteiger partial charge is 0.307 e. The van der Waals surface area contributed by atoms with Gasteiger partial charge in [0.25, 0.3) is 0 Å². The average Bonchev–Trinajstić information content (AvgIpc) is 2.37. The zero-order chi connectivity index (χ0) is 15.1. The largest absolute Gasteiger partial charge is 0.481 e. The first-order chi connectivity index (χ1) is 9.38. The SMILES string of the molecule is CC(C)C(C)NC(=O)CSc1ccc(CC(=O)O)cc1. The summed E-state index contributed by atoms with van der Waals surface area (Å²) in [4.78, 5) is 23.3. The van der Waals surface area contributed by atoms with Gasteiger partial charge in [-0.15, -0.1) is 11.8 Å². The number of carbonyl (C=O) groups is 2. The van der Waals surface area contributed by atoms with Gasteiger partial charge in [0.1, 0.15) is 0 Å². The van der Waals surface area contributed by atoms with Crippen LogP contribution >= 0.6 is 11.8 Å². The molecule has 1 aromatic rings. The summed E-state index contributed by atoms with van der Waals surface area (Å²) in [6, 6.07) is 7.43. The van der Waals surface area contributed by atoms with Crippen molar-refractivity contribution < 1.29 is 14.7 Å². The van der Waals surface area contributed by atoms with E-state index >= 15 is 0 Å². The minimum atomic E-state index is -0.840. The standard InChI is InChI=1S/C15H21NO3S/c1-10(2)11(3)16-14(17)9-20-13-6-4-12(5-7-13)8-15(18)19/h4-7,10-11H,8-9H2,1-3H3,(H,16,17)(H,18,19). The fraction of sp³-hybridized carbons (Fsp3) is 0.467. The van der Waals surface area contributed by atoms with Crippen molar-refractivity contribution in [1.82, 2.24) is 5.32 Å². The molecule has 0 spiro atoms. The first-order valence-electron chi connectivity index (χ1n) is 6.61. The molecule has 1 rings (SSSR count). The number of benzene rings is 1. The molecule has 1 amide bonds. The van der Waals surface area contributed by atoms with Crippen molar-refractivity contribution in [2.24, 2.45) is 5.92 Å². The quantitative estimate of drug-likeness (QED) is 0.759. The van der Waals surface area contributed by atoms with E-state index in [2.05, 4.69) is 19.2 Å². The van der Waals surface area contributed by atoms with Crippen molar-refractivity contribution in [3.63, 3.8) is 0 Å². The van der Waals surface area contributed by atoms with Crippen molar-refractivity contribution in [1.29, 1.82) is 0 Å². The minimum Gasteiger partial charge on any atom is -0.481 e. The molecular formula is C15H21NO3S. The molecule has 0 saturated carbocycles. The Labute approximate surface area is 124 Å². The van der Waals surface area contributed by atoms with Crippen molar-refractivity contribution in [2.75, 3.05) is 5.75 Å². The Morgan fingerprint density at radius 2 is 1.80 bits per heavy atom. The molecule has 0 aliphatic rings. The van der Waals surface area contributed by atoms with Crippen LogP contribution in [0.4, 0.5) is 0 Å². The molecule has 0 bridgehead atoms. The summed E-state index contributed by atoms with van der Waals surface area (Å²) in [5.41, 5.74) is 0.764. The monoisotopic (exact) mass is 295 g/mol. The van der Waals surface area contributed by atoms with Crippen LogP contribution in [-0.2, 0) is 16.0 Å². The summed E-state index contributed by atoms with van der Waals surface area (Å²) in [5, 5.41) is 11.6. The van der Waals surface area contributed by atoms with E-state index in [0.717, 1.165) is 10.5 Å². The number of carboxylic acids is 1. The Balaban J connectivity index is 2.42. The lowest BCUT2D eigenvalue weighted by molar-refractivity contribution is -0.136. The number of amides is 1. The van der Waals surface area contributed by atoms with Gasteiger partial charge in [-0.1, -0.05) is 26.0 Å². The van der Waals surface area contributed by atoms with Gasteiger partial charge in [0.2, 0.25) is 5.91 Å². The summed E-state index contributed by atoms with van der Waals surface area (Å²) in [7, 11) is 0. The second kappa shape index (κ2) is 7.94. The van der Waals surface area contributed by atoms with Gasteiger partial charge in [-0.05, 0) is 30.5 Å². The third-order valence-corrected chi connectivity index (χ3v) is 4.05. The van der Waals surface area contributed by atoms with Crippen molar-refractivity contribution >= 4 is 23.6 Å². The van der Waals surface area contributed by atoms with Gasteiger partial charge in [-0.2, -0.15) is 0 Å². The molecule has 5 heteroatoms. The summed E-state index contributed by atoms with van der Waals surface area (Å²) >= 11 is 1.45. The molecule has 0 saturated heterocycles. The van der Waals surface area contributed by atoms with E-state index in [-0.39, 0.29) is 18.4 Å². The normalized spacial score (nSPS) is 12.2. The van der Waals surface area contributed by atoms with Crippen LogP contribution in [-0.4, -0.2) is 28.8 Å². The molecule has 0 aliphatic heterocycles. The Hall–Kier alpha value is -1.49. The third kappa shape index (κ3) is 6.10. The van der Waals surface area contributed by atoms with Gasteiger partial charge in [0, 0.05) is 10.9 Å². The summed E-state index contributed by atoms with van der Waals surface area (Å²) in [6.07, 6.45) is 0.0251. The Kier molecular flexibility index (Phi) is 6.58. The predicted molar refractivity (Wildman–Crippen MR) is 80.9 cm³/mol. The fourth-order valence-electron chi connectivity index (χ4n) is 1.49. The molecule has 2 N–H and O–H groups in total. The fourth-order valence-corrected chi connectivity index (χ4v) is 2.20. The number of carboxylic acid groups (broad SMARTS) is 1. The molecule has 0 fully saturated rings. The number of hydrogen-bond acceptors (Lipinski definition) is 3. The highest BCUT2D eigenvalue weighted by atomic mass is 32.2. The molecule has 1 unspecified atom stereocenters. The molecular weight excluding hydrogens is 274 g/mol. The van der Waals surface area contributed by atoms with Gasteiger partial charge in [-0.3, -0.25) is 9.59 Å². The Morgan fingerprint density at radius 1 is 1.20 bits per heavy atom. The number of thioether (sulfide) groups is 1. The van der Waals surface area contributed by atoms with E-state index in [9.17, 15) is 9.59 Å². The van der Waals surface area contributed by atoms with Crippen LogP contribution in [0.25, 0.3) is 0 Å². The predicted octanol–water partition coefficient (Wildman–Crippen LogP) is 2.57. The molecule has 0 aliphatic carbocycles. The molecule has 20 heavy (non-hydrogen) atoms. The van der Waals surface area contributed by atoms with Gasteiger partial charge >= 0.3 is 5.97 Å². The van der Waals surface area contributed by atoms with Gasteiger partial charge < -0.3 is 10.4 Å². The van der Waals surface area contributed by atoms with E-state index in [4.69, 9.17) is 5.11 Å². The molecule has 0 heterocycles. The highest BCUT2D eigenvalue weighted by molar-refractivity contribution is 8.00. The van der Waals surface area contributed by atoms with Crippen molar-refractivity contribution in [3.05, 3.63) is 29.8 Å². The number of aliphatic carboxylic acids is 1. The van der Waals surface area contributed by atoms with E-state index in [1.165, 1.54) is 11.8 Å². The van der Waals surface area contributed by atoms with E-state index in [1.807, 2.05) is 19.1 Å².